The minimum Gasteiger partial charge on any atom is -0.324 e. The molecule has 4 aromatic rings. The summed E-state index contributed by atoms with van der Waals surface area (Å²) < 4.78 is 3.82. The van der Waals surface area contributed by atoms with E-state index in [-0.39, 0.29) is 11.5 Å². The van der Waals surface area contributed by atoms with Crippen LogP contribution >= 0.6 is 0 Å². The summed E-state index contributed by atoms with van der Waals surface area (Å²) in [7, 11) is 0. The maximum Gasteiger partial charge on any atom is 0.273 e. The van der Waals surface area contributed by atoms with Crippen molar-refractivity contribution < 1.29 is 4.79 Å². The second-order valence-electron chi connectivity index (χ2n) is 6.96. The maximum atomic E-state index is 13.2. The molecule has 1 atom stereocenters. The van der Waals surface area contributed by atoms with E-state index in [9.17, 15) is 9.59 Å². The fourth-order valence-electron chi connectivity index (χ4n) is 3.71. The zero-order valence-electron chi connectivity index (χ0n) is 16.1. The van der Waals surface area contributed by atoms with Crippen LogP contribution in [0.3, 0.4) is 0 Å². The Labute approximate surface area is 162 Å². The van der Waals surface area contributed by atoms with Gasteiger partial charge >= 0.3 is 0 Å². The van der Waals surface area contributed by atoms with Gasteiger partial charge in [0.15, 0.2) is 5.65 Å². The Morgan fingerprint density at radius 3 is 2.57 bits per heavy atom. The summed E-state index contributed by atoms with van der Waals surface area (Å²) in [5.41, 5.74) is 3.72. The fourth-order valence-corrected chi connectivity index (χ4v) is 3.71. The van der Waals surface area contributed by atoms with E-state index in [4.69, 9.17) is 0 Å². The molecule has 0 saturated carbocycles. The number of benzene rings is 2. The summed E-state index contributed by atoms with van der Waals surface area (Å²) >= 11 is 0. The molecule has 28 heavy (non-hydrogen) atoms. The van der Waals surface area contributed by atoms with Crippen LogP contribution in [0.25, 0.3) is 16.6 Å². The first-order valence-electron chi connectivity index (χ1n) is 9.37. The quantitative estimate of drug-likeness (QED) is 0.590. The second kappa shape index (κ2) is 6.96. The largest absolute Gasteiger partial charge is 0.324 e. The number of hydrogen-bond donors (Lipinski definition) is 1. The molecule has 2 heterocycles. The molecule has 0 bridgehead atoms. The third kappa shape index (κ3) is 2.87. The molecule has 142 valence electrons. The Hall–Kier alpha value is -3.41. The van der Waals surface area contributed by atoms with Crippen molar-refractivity contribution in [3.05, 3.63) is 76.2 Å². The van der Waals surface area contributed by atoms with E-state index in [2.05, 4.69) is 10.3 Å². The molecule has 0 aliphatic carbocycles. The van der Waals surface area contributed by atoms with Crippen LogP contribution in [0.5, 0.6) is 0 Å². The Morgan fingerprint density at radius 1 is 1.11 bits per heavy atom. The van der Waals surface area contributed by atoms with E-state index < -0.39 is 6.04 Å². The first kappa shape index (κ1) is 18.0. The molecule has 0 saturated heterocycles. The summed E-state index contributed by atoms with van der Waals surface area (Å²) in [6, 6.07) is 16.5. The van der Waals surface area contributed by atoms with Crippen molar-refractivity contribution in [1.82, 2.24) is 14.2 Å². The van der Waals surface area contributed by atoms with Gasteiger partial charge in [-0.2, -0.15) is 4.98 Å². The van der Waals surface area contributed by atoms with Crippen molar-refractivity contribution in [3.63, 3.8) is 0 Å². The van der Waals surface area contributed by atoms with Crippen LogP contribution in [0.2, 0.25) is 0 Å². The van der Waals surface area contributed by atoms with Crippen LogP contribution in [-0.4, -0.2) is 20.1 Å². The lowest BCUT2D eigenvalue weighted by Gasteiger charge is -2.21. The van der Waals surface area contributed by atoms with E-state index >= 15 is 0 Å². The molecular formula is C22H22N4O2. The summed E-state index contributed by atoms with van der Waals surface area (Å²) in [4.78, 5) is 29.4. The van der Waals surface area contributed by atoms with Crippen molar-refractivity contribution in [2.24, 2.45) is 0 Å². The monoisotopic (exact) mass is 374 g/mol. The normalized spacial score (nSPS) is 12.4. The van der Waals surface area contributed by atoms with Gasteiger partial charge in [-0.05, 0) is 44.0 Å². The minimum atomic E-state index is -0.454. The van der Waals surface area contributed by atoms with E-state index in [0.717, 1.165) is 27.8 Å². The molecule has 2 aromatic carbocycles. The standard InChI is InChI=1S/C22H22N4O2/c1-4-18(22(28)23-17-11-7-5-9-14(17)2)26-19-12-8-6-10-16(19)21-24-20(27)13-15(3)25(21)26/h5-13,18H,4H2,1-3H3,(H,23,28)/t18-/m0/s1. The summed E-state index contributed by atoms with van der Waals surface area (Å²) in [5.74, 6) is -0.0995. The fraction of sp³-hybridized carbons (Fsp3) is 0.227. The molecular weight excluding hydrogens is 352 g/mol. The van der Waals surface area contributed by atoms with Gasteiger partial charge in [-0.15, -0.1) is 0 Å². The van der Waals surface area contributed by atoms with Gasteiger partial charge in [-0.25, -0.2) is 4.52 Å². The number of carbonyl (C=O) groups excluding carboxylic acids is 1. The van der Waals surface area contributed by atoms with Crippen LogP contribution in [-0.2, 0) is 4.79 Å². The molecule has 6 nitrogen and oxygen atoms in total. The number of aromatic nitrogens is 3. The zero-order valence-corrected chi connectivity index (χ0v) is 16.1. The van der Waals surface area contributed by atoms with Crippen molar-refractivity contribution in [2.75, 3.05) is 5.32 Å². The van der Waals surface area contributed by atoms with Gasteiger partial charge in [-0.1, -0.05) is 37.3 Å². The Kier molecular flexibility index (Phi) is 4.47. The predicted octanol–water partition coefficient (Wildman–Crippen LogP) is 3.86. The zero-order chi connectivity index (χ0) is 19.8. The highest BCUT2D eigenvalue weighted by atomic mass is 16.2. The van der Waals surface area contributed by atoms with Gasteiger partial charge in [0, 0.05) is 22.8 Å². The average molecular weight is 374 g/mol. The number of anilines is 1. The van der Waals surface area contributed by atoms with Crippen molar-refractivity contribution in [1.29, 1.82) is 0 Å². The van der Waals surface area contributed by atoms with Gasteiger partial charge < -0.3 is 5.32 Å². The molecule has 0 aliphatic heterocycles. The number of nitrogens with zero attached hydrogens (tertiary/aromatic N) is 3. The Morgan fingerprint density at radius 2 is 1.82 bits per heavy atom. The number of carbonyl (C=O) groups is 1. The third-order valence-corrected chi connectivity index (χ3v) is 5.08. The molecule has 0 radical (unpaired) electrons. The van der Waals surface area contributed by atoms with Gasteiger partial charge in [0.2, 0.25) is 5.91 Å². The highest BCUT2D eigenvalue weighted by Gasteiger charge is 2.25. The molecule has 4 rings (SSSR count). The number of amides is 1. The van der Waals surface area contributed by atoms with Crippen LogP contribution in [0.4, 0.5) is 5.69 Å². The number of hydrogen-bond acceptors (Lipinski definition) is 3. The summed E-state index contributed by atoms with van der Waals surface area (Å²) in [5, 5.41) is 3.91. The average Bonchev–Trinajstić information content (AvgIpc) is 2.99. The third-order valence-electron chi connectivity index (χ3n) is 5.08. The molecule has 0 spiro atoms. The van der Waals surface area contributed by atoms with Gasteiger partial charge in [0.05, 0.1) is 5.52 Å². The number of rotatable bonds is 4. The Balaban J connectivity index is 1.91. The van der Waals surface area contributed by atoms with Crippen LogP contribution in [0, 0.1) is 13.8 Å². The summed E-state index contributed by atoms with van der Waals surface area (Å²) in [6.45, 7) is 5.81. The number of para-hydroxylation sites is 2. The van der Waals surface area contributed by atoms with E-state index in [1.165, 1.54) is 6.07 Å². The molecule has 1 amide bonds. The molecule has 6 heteroatoms. The number of aryl methyl sites for hydroxylation is 2. The first-order valence-corrected chi connectivity index (χ1v) is 9.37. The SMILES string of the molecule is CC[C@@H](C(=O)Nc1ccccc1C)n1c2ccccc2c2nc(=O)cc(C)n21. The molecule has 0 unspecified atom stereocenters. The van der Waals surface area contributed by atoms with Crippen molar-refractivity contribution in [3.8, 4) is 0 Å². The van der Waals surface area contributed by atoms with Crippen LogP contribution < -0.4 is 10.9 Å². The molecule has 2 aromatic heterocycles. The molecule has 0 aliphatic rings. The number of nitrogens with one attached hydrogen (secondary N) is 1. The molecule has 0 fully saturated rings. The number of fused-ring (bicyclic) bond motifs is 3. The van der Waals surface area contributed by atoms with Crippen molar-refractivity contribution >= 4 is 28.1 Å². The first-order chi connectivity index (χ1) is 13.5. The summed E-state index contributed by atoms with van der Waals surface area (Å²) in [6.07, 6.45) is 0.594. The minimum absolute atomic E-state index is 0.0995. The van der Waals surface area contributed by atoms with E-state index in [1.807, 2.05) is 78.5 Å². The van der Waals surface area contributed by atoms with E-state index in [0.29, 0.717) is 12.1 Å². The lowest BCUT2D eigenvalue weighted by molar-refractivity contribution is -0.119. The van der Waals surface area contributed by atoms with Gasteiger partial charge in [0.25, 0.3) is 5.56 Å². The van der Waals surface area contributed by atoms with Gasteiger partial charge in [0.1, 0.15) is 6.04 Å². The lowest BCUT2D eigenvalue weighted by atomic mass is 10.1. The van der Waals surface area contributed by atoms with Gasteiger partial charge in [-0.3, -0.25) is 14.3 Å². The Bertz CT molecular complexity index is 1250. The lowest BCUT2D eigenvalue weighted by Crippen LogP contribution is -2.29. The smallest absolute Gasteiger partial charge is 0.273 e. The second-order valence-corrected chi connectivity index (χ2v) is 6.96. The predicted molar refractivity (Wildman–Crippen MR) is 111 cm³/mol. The van der Waals surface area contributed by atoms with Crippen LogP contribution in [0.15, 0.2) is 59.4 Å². The van der Waals surface area contributed by atoms with Crippen molar-refractivity contribution in [2.45, 2.75) is 33.2 Å². The highest BCUT2D eigenvalue weighted by Crippen LogP contribution is 2.27. The van der Waals surface area contributed by atoms with E-state index in [1.54, 1.807) is 0 Å². The highest BCUT2D eigenvalue weighted by molar-refractivity contribution is 5.98. The molecule has 1 N–H and O–H groups in total. The topological polar surface area (TPSA) is 68.4 Å². The van der Waals surface area contributed by atoms with Crippen LogP contribution in [0.1, 0.15) is 30.6 Å². The maximum absolute atomic E-state index is 13.2.